The highest BCUT2D eigenvalue weighted by atomic mass is 32.2. The molecule has 10 heteroatoms. The summed E-state index contributed by atoms with van der Waals surface area (Å²) in [5.41, 5.74) is 0.0485. The number of aromatic amines is 1. The van der Waals surface area contributed by atoms with Gasteiger partial charge in [0.1, 0.15) is 5.82 Å². The highest BCUT2D eigenvalue weighted by Crippen LogP contribution is 2.24. The minimum absolute atomic E-state index is 0.0706. The number of nitrogens with one attached hydrogen (secondary N) is 3. The number of benzene rings is 3. The Morgan fingerprint density at radius 2 is 1.72 bits per heavy atom. The van der Waals surface area contributed by atoms with Crippen LogP contribution >= 0.6 is 0 Å². The van der Waals surface area contributed by atoms with Crippen LogP contribution in [0.3, 0.4) is 0 Å². The van der Waals surface area contributed by atoms with Crippen LogP contribution in [-0.4, -0.2) is 39.6 Å². The smallest absolute Gasteiger partial charge is 0.255 e. The number of fused-ring (bicyclic) bond motifs is 2. The van der Waals surface area contributed by atoms with E-state index in [1.165, 1.54) is 25.3 Å². The van der Waals surface area contributed by atoms with Gasteiger partial charge in [0, 0.05) is 29.9 Å². The average Bonchev–Trinajstić information content (AvgIpc) is 2.84. The van der Waals surface area contributed by atoms with Crippen molar-refractivity contribution in [2.24, 2.45) is 0 Å². The van der Waals surface area contributed by atoms with Gasteiger partial charge in [-0.05, 0) is 55.8 Å². The molecule has 36 heavy (non-hydrogen) atoms. The van der Waals surface area contributed by atoms with E-state index in [2.05, 4.69) is 15.0 Å². The van der Waals surface area contributed by atoms with Crippen molar-refractivity contribution in [3.05, 3.63) is 87.8 Å². The Hall–Kier alpha value is -3.60. The van der Waals surface area contributed by atoms with E-state index in [9.17, 15) is 22.4 Å². The third-order valence-electron chi connectivity index (χ3n) is 5.95. The number of ether oxygens (including phenoxy) is 1. The first-order chi connectivity index (χ1) is 17.0. The van der Waals surface area contributed by atoms with Crippen molar-refractivity contribution >= 4 is 37.7 Å². The van der Waals surface area contributed by atoms with E-state index in [-0.39, 0.29) is 34.4 Å². The predicted molar refractivity (Wildman–Crippen MR) is 136 cm³/mol. The second-order valence-corrected chi connectivity index (χ2v) is 10.6. The first-order valence-electron chi connectivity index (χ1n) is 11.2. The van der Waals surface area contributed by atoms with Crippen molar-refractivity contribution in [1.82, 2.24) is 15.0 Å². The largest absolute Gasteiger partial charge is 0.383 e. The Labute approximate surface area is 207 Å². The van der Waals surface area contributed by atoms with Gasteiger partial charge in [-0.2, -0.15) is 0 Å². The number of hydrogen-bond donors (Lipinski definition) is 3. The van der Waals surface area contributed by atoms with Gasteiger partial charge in [0.05, 0.1) is 28.1 Å². The minimum atomic E-state index is -3.70. The Kier molecular flexibility index (Phi) is 6.94. The summed E-state index contributed by atoms with van der Waals surface area (Å²) in [7, 11) is -2.23. The quantitative estimate of drug-likeness (QED) is 0.248. The van der Waals surface area contributed by atoms with E-state index in [0.717, 1.165) is 6.07 Å². The number of aromatic nitrogens is 1. The molecular weight excluding hydrogens is 485 g/mol. The molecule has 0 radical (unpaired) electrons. The van der Waals surface area contributed by atoms with Gasteiger partial charge in [-0.1, -0.05) is 24.3 Å². The summed E-state index contributed by atoms with van der Waals surface area (Å²) in [4.78, 5) is 29.0. The molecule has 0 aliphatic carbocycles. The van der Waals surface area contributed by atoms with Crippen molar-refractivity contribution < 1.29 is 22.3 Å². The van der Waals surface area contributed by atoms with Crippen LogP contribution in [0.5, 0.6) is 0 Å². The SMILES string of the molecule is COCCNS(=O)(=O)c1ccc(C(C)(C)NC(=O)c2cc3[nH]c4ccccc4c(=O)c3cc2F)cc1. The number of para-hydroxylation sites is 1. The summed E-state index contributed by atoms with van der Waals surface area (Å²) in [5.74, 6) is -1.49. The lowest BCUT2D eigenvalue weighted by atomic mass is 9.93. The standard InChI is InChI=1S/C26H26FN3O5S/c1-26(2,16-8-10-17(11-9-16)36(33,34)28-12-13-35-3)30-25(32)19-15-23-20(14-21(19)27)24(31)18-6-4-5-7-22(18)29-23/h4-11,14-15,28H,12-13H2,1-3H3,(H,29,31)(H,30,32). The topological polar surface area (TPSA) is 117 Å². The minimum Gasteiger partial charge on any atom is -0.383 e. The highest BCUT2D eigenvalue weighted by molar-refractivity contribution is 7.89. The van der Waals surface area contributed by atoms with Crippen LogP contribution in [0.2, 0.25) is 0 Å². The summed E-state index contributed by atoms with van der Waals surface area (Å²) in [6.45, 7) is 3.82. The fourth-order valence-electron chi connectivity index (χ4n) is 3.95. The summed E-state index contributed by atoms with van der Waals surface area (Å²) in [6.07, 6.45) is 0. The predicted octanol–water partition coefficient (Wildman–Crippen LogP) is 3.41. The van der Waals surface area contributed by atoms with Crippen LogP contribution < -0.4 is 15.5 Å². The summed E-state index contributed by atoms with van der Waals surface area (Å²) in [5, 5.41) is 3.38. The maximum absolute atomic E-state index is 14.9. The average molecular weight is 512 g/mol. The molecule has 0 aliphatic heterocycles. The van der Waals surface area contributed by atoms with E-state index in [1.54, 1.807) is 50.2 Å². The molecule has 3 N–H and O–H groups in total. The van der Waals surface area contributed by atoms with Gasteiger partial charge in [0.25, 0.3) is 5.91 Å². The molecule has 0 spiro atoms. The molecule has 1 heterocycles. The molecule has 0 saturated heterocycles. The lowest BCUT2D eigenvalue weighted by Gasteiger charge is -2.27. The van der Waals surface area contributed by atoms with E-state index in [1.807, 2.05) is 0 Å². The Morgan fingerprint density at radius 3 is 2.42 bits per heavy atom. The molecule has 1 amide bonds. The maximum Gasteiger partial charge on any atom is 0.255 e. The zero-order valence-electron chi connectivity index (χ0n) is 20.0. The molecule has 0 unspecified atom stereocenters. The zero-order valence-corrected chi connectivity index (χ0v) is 20.8. The lowest BCUT2D eigenvalue weighted by molar-refractivity contribution is 0.0908. The highest BCUT2D eigenvalue weighted by Gasteiger charge is 2.26. The molecule has 4 rings (SSSR count). The maximum atomic E-state index is 14.9. The van der Waals surface area contributed by atoms with Crippen LogP contribution in [0.15, 0.2) is 70.4 Å². The fraction of sp³-hybridized carbons (Fsp3) is 0.231. The molecule has 1 aromatic heterocycles. The normalized spacial score (nSPS) is 12.2. The van der Waals surface area contributed by atoms with Crippen molar-refractivity contribution in [3.63, 3.8) is 0 Å². The Bertz CT molecular complexity index is 1610. The van der Waals surface area contributed by atoms with Crippen LogP contribution in [0, 0.1) is 5.82 Å². The van der Waals surface area contributed by atoms with Crippen LogP contribution in [0.25, 0.3) is 21.8 Å². The second kappa shape index (κ2) is 9.81. The van der Waals surface area contributed by atoms with Crippen molar-refractivity contribution in [2.45, 2.75) is 24.3 Å². The molecule has 0 saturated carbocycles. The molecule has 0 aliphatic rings. The number of H-pyrrole nitrogens is 1. The third-order valence-corrected chi connectivity index (χ3v) is 7.43. The third kappa shape index (κ3) is 5.01. The number of hydrogen-bond acceptors (Lipinski definition) is 5. The molecule has 188 valence electrons. The summed E-state index contributed by atoms with van der Waals surface area (Å²) < 4.78 is 47.0. The number of sulfonamides is 1. The lowest BCUT2D eigenvalue weighted by Crippen LogP contribution is -2.41. The van der Waals surface area contributed by atoms with Crippen molar-refractivity contribution in [2.75, 3.05) is 20.3 Å². The van der Waals surface area contributed by atoms with Gasteiger partial charge in [-0.15, -0.1) is 0 Å². The molecule has 0 bridgehead atoms. The number of rotatable bonds is 8. The van der Waals surface area contributed by atoms with E-state index >= 15 is 0 Å². The monoisotopic (exact) mass is 511 g/mol. The second-order valence-electron chi connectivity index (χ2n) is 8.87. The number of halogens is 1. The van der Waals surface area contributed by atoms with Crippen LogP contribution in [0.4, 0.5) is 4.39 Å². The van der Waals surface area contributed by atoms with Gasteiger partial charge in [0.2, 0.25) is 10.0 Å². The first kappa shape index (κ1) is 25.5. The molecule has 8 nitrogen and oxygen atoms in total. The van der Waals surface area contributed by atoms with Crippen molar-refractivity contribution in [3.8, 4) is 0 Å². The van der Waals surface area contributed by atoms with Gasteiger partial charge in [0.15, 0.2) is 5.43 Å². The Balaban J connectivity index is 1.60. The summed E-state index contributed by atoms with van der Waals surface area (Å²) >= 11 is 0. The van der Waals surface area contributed by atoms with Gasteiger partial charge in [-0.3, -0.25) is 9.59 Å². The molecule has 3 aromatic carbocycles. The first-order valence-corrected chi connectivity index (χ1v) is 12.7. The Morgan fingerprint density at radius 1 is 1.03 bits per heavy atom. The van der Waals surface area contributed by atoms with Crippen LogP contribution in [-0.2, 0) is 20.3 Å². The van der Waals surface area contributed by atoms with Crippen molar-refractivity contribution in [1.29, 1.82) is 0 Å². The summed E-state index contributed by atoms with van der Waals surface area (Å²) in [6, 6.07) is 15.3. The molecule has 4 aromatic rings. The van der Waals surface area contributed by atoms with Crippen LogP contribution in [0.1, 0.15) is 29.8 Å². The molecule has 0 fully saturated rings. The fourth-order valence-corrected chi connectivity index (χ4v) is 4.97. The zero-order chi connectivity index (χ0) is 26.1. The number of amides is 1. The number of carbonyl (C=O) groups excluding carboxylic acids is 1. The molecular formula is C26H26FN3O5S. The van der Waals surface area contributed by atoms with E-state index < -0.39 is 27.3 Å². The van der Waals surface area contributed by atoms with E-state index in [0.29, 0.717) is 22.0 Å². The number of methoxy groups -OCH3 is 1. The number of carbonyl (C=O) groups is 1. The molecule has 0 atom stereocenters. The van der Waals surface area contributed by atoms with Gasteiger partial charge < -0.3 is 15.0 Å². The van der Waals surface area contributed by atoms with Gasteiger partial charge in [-0.25, -0.2) is 17.5 Å². The van der Waals surface area contributed by atoms with Gasteiger partial charge >= 0.3 is 0 Å². The number of pyridine rings is 1. The van der Waals surface area contributed by atoms with E-state index in [4.69, 9.17) is 4.74 Å².